The molecule has 11 heteroatoms. The molecule has 3 N–H and O–H groups in total. The summed E-state index contributed by atoms with van der Waals surface area (Å²) in [5.41, 5.74) is 6.49. The van der Waals surface area contributed by atoms with E-state index in [-0.39, 0.29) is 17.4 Å². The Morgan fingerprint density at radius 2 is 1.32 bits per heavy atom. The number of esters is 1. The van der Waals surface area contributed by atoms with Crippen LogP contribution in [0.4, 0.5) is 9.59 Å². The highest BCUT2D eigenvalue weighted by Gasteiger charge is 2.36. The van der Waals surface area contributed by atoms with E-state index in [4.69, 9.17) is 29.4 Å². The fraction of sp³-hybridized carbons (Fsp3) is 0.667. The molecule has 0 aliphatic carbocycles. The molecule has 0 saturated carbocycles. The summed E-state index contributed by atoms with van der Waals surface area (Å²) in [6, 6.07) is 2.86. The summed E-state index contributed by atoms with van der Waals surface area (Å²) in [7, 11) is 0. The zero-order valence-electron chi connectivity index (χ0n) is 25.5. The minimum absolute atomic E-state index is 0.130. The Kier molecular flexibility index (Phi) is 15.2. The third-order valence-corrected chi connectivity index (χ3v) is 7.02. The molecule has 0 saturated heterocycles. The molecule has 1 aromatic rings. The first kappa shape index (κ1) is 35.7. The van der Waals surface area contributed by atoms with Gasteiger partial charge in [0.15, 0.2) is 11.5 Å². The van der Waals surface area contributed by atoms with E-state index in [2.05, 4.69) is 0 Å². The molecule has 0 aliphatic heterocycles. The highest BCUT2D eigenvalue weighted by atomic mass is 16.7. The Bertz CT molecular complexity index is 1010. The van der Waals surface area contributed by atoms with Gasteiger partial charge in [-0.1, -0.05) is 53.5 Å². The monoisotopic (exact) mass is 581 g/mol. The molecule has 6 unspecified atom stereocenters. The van der Waals surface area contributed by atoms with Crippen LogP contribution < -0.4 is 15.2 Å². The SMILES string of the molecule is CCCC(C)OC(=O)Oc1ccc(C(C(C)C(C)OC(=O)C(C)CC)[C@H](N)C(=O)O)cc1OC(=O)OC(C)CCC. The van der Waals surface area contributed by atoms with Crippen molar-refractivity contribution in [1.29, 1.82) is 0 Å². The van der Waals surface area contributed by atoms with E-state index >= 15 is 0 Å². The highest BCUT2D eigenvalue weighted by Crippen LogP contribution is 2.37. The van der Waals surface area contributed by atoms with Gasteiger partial charge in [-0.25, -0.2) is 9.59 Å². The average Bonchev–Trinajstić information content (AvgIpc) is 2.89. The summed E-state index contributed by atoms with van der Waals surface area (Å²) in [5, 5.41) is 9.79. The van der Waals surface area contributed by atoms with Gasteiger partial charge in [0.1, 0.15) is 24.4 Å². The quantitative estimate of drug-likeness (QED) is 0.130. The molecule has 0 spiro atoms. The summed E-state index contributed by atoms with van der Waals surface area (Å²) in [6.45, 7) is 14.3. The zero-order valence-corrected chi connectivity index (χ0v) is 25.5. The van der Waals surface area contributed by atoms with Crippen molar-refractivity contribution >= 4 is 24.2 Å². The summed E-state index contributed by atoms with van der Waals surface area (Å²) >= 11 is 0. The number of hydrogen-bond donors (Lipinski definition) is 2. The standard InChI is InChI=1S/C30H47NO10/c1-9-12-18(5)37-29(35)40-23-15-14-22(16-24(23)41-30(36)38-19(6)13-10-2)25(26(31)27(32)33)20(7)21(8)39-28(34)17(4)11-3/h14-21,25-26H,9-13,31H2,1-8H3,(H,32,33)/t17?,18?,19?,20?,21?,25?,26-/m0/s1. The van der Waals surface area contributed by atoms with Crippen molar-refractivity contribution in [3.8, 4) is 11.5 Å². The predicted octanol–water partition coefficient (Wildman–Crippen LogP) is 6.20. The molecule has 0 bridgehead atoms. The van der Waals surface area contributed by atoms with Gasteiger partial charge in [-0.05, 0) is 57.7 Å². The molecule has 0 heterocycles. The van der Waals surface area contributed by atoms with E-state index in [1.807, 2.05) is 20.8 Å². The maximum atomic E-state index is 12.6. The molecule has 0 radical (unpaired) electrons. The molecule has 0 amide bonds. The molecule has 0 fully saturated rings. The van der Waals surface area contributed by atoms with Crippen LogP contribution >= 0.6 is 0 Å². The number of benzene rings is 1. The van der Waals surface area contributed by atoms with Gasteiger partial charge >= 0.3 is 24.2 Å². The second kappa shape index (κ2) is 17.5. The van der Waals surface area contributed by atoms with Crippen LogP contribution in [0.1, 0.15) is 99.0 Å². The van der Waals surface area contributed by atoms with Gasteiger partial charge in [0.05, 0.1) is 5.92 Å². The molecule has 1 aromatic carbocycles. The van der Waals surface area contributed by atoms with Gasteiger partial charge in [0.2, 0.25) is 0 Å². The van der Waals surface area contributed by atoms with Crippen molar-refractivity contribution in [2.45, 2.75) is 118 Å². The van der Waals surface area contributed by atoms with Crippen LogP contribution in [0.5, 0.6) is 11.5 Å². The molecule has 41 heavy (non-hydrogen) atoms. The van der Waals surface area contributed by atoms with Crippen LogP contribution in [-0.2, 0) is 23.8 Å². The van der Waals surface area contributed by atoms with Crippen molar-refractivity contribution in [3.63, 3.8) is 0 Å². The first-order chi connectivity index (χ1) is 19.2. The molecule has 0 aromatic heterocycles. The van der Waals surface area contributed by atoms with Crippen molar-refractivity contribution < 1.29 is 48.0 Å². The van der Waals surface area contributed by atoms with Crippen LogP contribution in [0.2, 0.25) is 0 Å². The van der Waals surface area contributed by atoms with Crippen molar-refractivity contribution in [2.75, 3.05) is 0 Å². The number of rotatable bonds is 16. The third kappa shape index (κ3) is 11.6. The van der Waals surface area contributed by atoms with Crippen molar-refractivity contribution in [2.24, 2.45) is 17.6 Å². The van der Waals surface area contributed by atoms with E-state index in [0.717, 1.165) is 12.8 Å². The predicted molar refractivity (Wildman–Crippen MR) is 152 cm³/mol. The van der Waals surface area contributed by atoms with Gasteiger partial charge in [-0.2, -0.15) is 0 Å². The van der Waals surface area contributed by atoms with Gasteiger partial charge in [-0.15, -0.1) is 0 Å². The van der Waals surface area contributed by atoms with Crippen LogP contribution in [0, 0.1) is 11.8 Å². The lowest BCUT2D eigenvalue weighted by Crippen LogP contribution is -2.43. The number of aliphatic carboxylic acids is 1. The smallest absolute Gasteiger partial charge is 0.480 e. The van der Waals surface area contributed by atoms with Crippen LogP contribution in [0.25, 0.3) is 0 Å². The summed E-state index contributed by atoms with van der Waals surface area (Å²) < 4.78 is 26.9. The second-order valence-corrected chi connectivity index (χ2v) is 10.5. The molecule has 232 valence electrons. The Morgan fingerprint density at radius 3 is 1.78 bits per heavy atom. The molecular formula is C30H47NO10. The first-order valence-corrected chi connectivity index (χ1v) is 14.3. The van der Waals surface area contributed by atoms with E-state index in [1.165, 1.54) is 18.2 Å². The molecular weight excluding hydrogens is 534 g/mol. The highest BCUT2D eigenvalue weighted by molar-refractivity contribution is 5.75. The second-order valence-electron chi connectivity index (χ2n) is 10.5. The average molecular weight is 582 g/mol. The Balaban J connectivity index is 3.45. The van der Waals surface area contributed by atoms with Crippen molar-refractivity contribution in [1.82, 2.24) is 0 Å². The maximum absolute atomic E-state index is 12.6. The first-order valence-electron chi connectivity index (χ1n) is 14.3. The number of carbonyl (C=O) groups excluding carboxylic acids is 3. The zero-order chi connectivity index (χ0) is 31.3. The Morgan fingerprint density at radius 1 is 0.805 bits per heavy atom. The fourth-order valence-electron chi connectivity index (χ4n) is 4.24. The Hall–Kier alpha value is -3.34. The van der Waals surface area contributed by atoms with E-state index in [0.29, 0.717) is 24.8 Å². The van der Waals surface area contributed by atoms with E-state index in [9.17, 15) is 24.3 Å². The fourth-order valence-corrected chi connectivity index (χ4v) is 4.24. The summed E-state index contributed by atoms with van der Waals surface area (Å²) in [5.74, 6) is -3.76. The van der Waals surface area contributed by atoms with Crippen LogP contribution in [0.3, 0.4) is 0 Å². The lowest BCUT2D eigenvalue weighted by molar-refractivity contribution is -0.155. The number of carboxylic acid groups (broad SMARTS) is 1. The van der Waals surface area contributed by atoms with Crippen LogP contribution in [-0.4, -0.2) is 53.7 Å². The molecule has 0 aliphatic rings. The molecule has 7 atom stereocenters. The van der Waals surface area contributed by atoms with Gasteiger partial charge in [0, 0.05) is 11.8 Å². The maximum Gasteiger partial charge on any atom is 0.514 e. The largest absolute Gasteiger partial charge is 0.514 e. The van der Waals surface area contributed by atoms with E-state index < -0.39 is 60.4 Å². The minimum Gasteiger partial charge on any atom is -0.480 e. The van der Waals surface area contributed by atoms with E-state index in [1.54, 1.807) is 34.6 Å². The van der Waals surface area contributed by atoms with Crippen molar-refractivity contribution in [3.05, 3.63) is 23.8 Å². The number of carbonyl (C=O) groups is 4. The number of ether oxygens (including phenoxy) is 5. The number of nitrogens with two attached hydrogens (primary N) is 1. The number of hydrogen-bond acceptors (Lipinski definition) is 10. The van der Waals surface area contributed by atoms with Gasteiger partial charge < -0.3 is 34.5 Å². The normalized spacial score (nSPS) is 16.2. The molecule has 1 rings (SSSR count). The minimum atomic E-state index is -1.40. The lowest BCUT2D eigenvalue weighted by Gasteiger charge is -2.32. The third-order valence-electron chi connectivity index (χ3n) is 7.02. The van der Waals surface area contributed by atoms with Gasteiger partial charge in [-0.3, -0.25) is 9.59 Å². The molecule has 11 nitrogen and oxygen atoms in total. The summed E-state index contributed by atoms with van der Waals surface area (Å²) in [4.78, 5) is 49.5. The topological polar surface area (TPSA) is 161 Å². The van der Waals surface area contributed by atoms with Gasteiger partial charge in [0.25, 0.3) is 0 Å². The number of carboxylic acids is 1. The lowest BCUT2D eigenvalue weighted by atomic mass is 9.79. The Labute approximate surface area is 243 Å². The summed E-state index contributed by atoms with van der Waals surface area (Å²) in [6.07, 6.45) is -0.109. The van der Waals surface area contributed by atoms with Crippen LogP contribution in [0.15, 0.2) is 18.2 Å².